The molecule has 7 nitrogen and oxygen atoms in total. The topological polar surface area (TPSA) is 89.7 Å². The second-order valence-corrected chi connectivity index (χ2v) is 14.5. The maximum absolute atomic E-state index is 9.79. The second-order valence-electron chi connectivity index (χ2n) is 13.0. The molecule has 0 bridgehead atoms. The third-order valence-electron chi connectivity index (χ3n) is 10.1. The number of ether oxygens (including phenoxy) is 3. The van der Waals surface area contributed by atoms with Gasteiger partial charge in [0.25, 0.3) is 0 Å². The third-order valence-corrected chi connectivity index (χ3v) is 11.4. The number of fused-ring (bicyclic) bond motifs is 3. The number of thioether (sulfide) groups is 1. The number of unbranched alkanes of at least 4 members (excludes halogenated alkanes) is 2. The van der Waals surface area contributed by atoms with Gasteiger partial charge in [-0.15, -0.1) is 6.58 Å². The van der Waals surface area contributed by atoms with E-state index in [-0.39, 0.29) is 42.1 Å². The average molecular weight is 672 g/mol. The third kappa shape index (κ3) is 6.90. The van der Waals surface area contributed by atoms with Crippen molar-refractivity contribution in [2.24, 2.45) is 22.9 Å². The molecule has 1 aliphatic heterocycles. The predicted octanol–water partition coefficient (Wildman–Crippen LogP) is 8.65. The van der Waals surface area contributed by atoms with Crippen LogP contribution in [0.4, 0.5) is 0 Å². The largest absolute Gasteiger partial charge is 0.460 e. The van der Waals surface area contributed by atoms with Crippen molar-refractivity contribution in [3.8, 4) is 17.2 Å². The molecule has 8 heteroatoms. The van der Waals surface area contributed by atoms with Crippen LogP contribution in [0.2, 0.25) is 0 Å². The first-order chi connectivity index (χ1) is 23.6. The van der Waals surface area contributed by atoms with Crippen LogP contribution in [-0.2, 0) is 9.57 Å². The summed E-state index contributed by atoms with van der Waals surface area (Å²) in [4.78, 5) is 5.48. The minimum absolute atomic E-state index is 0.0216. The molecule has 3 aromatic rings. The number of hydrogen-bond donors (Lipinski definition) is 2. The van der Waals surface area contributed by atoms with Crippen LogP contribution in [-0.4, -0.2) is 59.6 Å². The van der Waals surface area contributed by atoms with Gasteiger partial charge in [0.15, 0.2) is 0 Å². The summed E-state index contributed by atoms with van der Waals surface area (Å²) in [6, 6.07) is 20.7. The number of benzene rings is 3. The van der Waals surface area contributed by atoms with Gasteiger partial charge >= 0.3 is 0 Å². The molecular formula is C40H49NO6S. The minimum atomic E-state index is -0.933. The normalized spacial score (nSPS) is 26.7. The molecule has 0 aromatic heterocycles. The van der Waals surface area contributed by atoms with Gasteiger partial charge in [0.2, 0.25) is 5.79 Å². The second kappa shape index (κ2) is 15.9. The number of oxime groups is 1. The number of allylic oxidation sites excluding steroid dienone is 1. The van der Waals surface area contributed by atoms with Crippen molar-refractivity contribution in [2.75, 3.05) is 32.7 Å². The Morgan fingerprint density at radius 1 is 0.979 bits per heavy atom. The highest BCUT2D eigenvalue weighted by atomic mass is 32.2. The first-order valence-corrected chi connectivity index (χ1v) is 18.5. The quantitative estimate of drug-likeness (QED) is 0.0895. The Balaban J connectivity index is 1.51. The lowest BCUT2D eigenvalue weighted by Crippen LogP contribution is -2.64. The van der Waals surface area contributed by atoms with E-state index < -0.39 is 5.79 Å². The Hall–Kier alpha value is -3.30. The molecule has 2 N–H and O–H groups in total. The van der Waals surface area contributed by atoms with E-state index in [1.54, 1.807) is 13.2 Å². The molecule has 0 radical (unpaired) electrons. The monoisotopic (exact) mass is 671 g/mol. The number of aliphatic hydroxyl groups excluding tert-OH is 2. The summed E-state index contributed by atoms with van der Waals surface area (Å²) in [5.74, 6) is 2.74. The molecular weight excluding hydrogens is 623 g/mol. The lowest BCUT2D eigenvalue weighted by Gasteiger charge is -2.58. The number of rotatable bonds is 16. The van der Waals surface area contributed by atoms with Crippen molar-refractivity contribution in [3.63, 3.8) is 0 Å². The van der Waals surface area contributed by atoms with Crippen molar-refractivity contribution in [3.05, 3.63) is 90.5 Å². The summed E-state index contributed by atoms with van der Waals surface area (Å²) >= 11 is 1.84. The van der Waals surface area contributed by atoms with E-state index in [2.05, 4.69) is 61.1 Å². The van der Waals surface area contributed by atoms with Crippen LogP contribution in [0.1, 0.15) is 63.4 Å². The number of aliphatic hydroxyl groups is 2. The van der Waals surface area contributed by atoms with Crippen LogP contribution in [0.3, 0.4) is 0 Å². The highest BCUT2D eigenvalue weighted by molar-refractivity contribution is 8.00. The maximum atomic E-state index is 9.79. The molecule has 1 heterocycles. The van der Waals surface area contributed by atoms with E-state index in [4.69, 9.17) is 19.0 Å². The van der Waals surface area contributed by atoms with Crippen molar-refractivity contribution < 1.29 is 29.3 Å². The summed E-state index contributed by atoms with van der Waals surface area (Å²) in [6.07, 6.45) is 10.2. The van der Waals surface area contributed by atoms with Gasteiger partial charge in [0.05, 0.1) is 23.5 Å². The summed E-state index contributed by atoms with van der Waals surface area (Å²) in [5.41, 5.74) is 3.20. The molecule has 0 spiro atoms. The van der Waals surface area contributed by atoms with Crippen molar-refractivity contribution >= 4 is 28.2 Å². The lowest BCUT2D eigenvalue weighted by molar-refractivity contribution is -0.223. The van der Waals surface area contributed by atoms with Crippen LogP contribution < -0.4 is 9.47 Å². The molecule has 0 saturated heterocycles. The molecule has 3 aliphatic rings. The molecule has 1 fully saturated rings. The fraction of sp³-hybridized carbons (Fsp3) is 0.475. The molecule has 3 aromatic carbocycles. The zero-order chi connectivity index (χ0) is 33.5. The van der Waals surface area contributed by atoms with Crippen molar-refractivity contribution in [1.82, 2.24) is 0 Å². The Bertz CT molecular complexity index is 1620. The van der Waals surface area contributed by atoms with Crippen LogP contribution >= 0.6 is 11.8 Å². The molecule has 6 atom stereocenters. The Morgan fingerprint density at radius 3 is 2.48 bits per heavy atom. The van der Waals surface area contributed by atoms with E-state index in [0.29, 0.717) is 13.0 Å². The molecule has 6 rings (SSSR count). The molecule has 256 valence electrons. The van der Waals surface area contributed by atoms with E-state index >= 15 is 0 Å². The van der Waals surface area contributed by atoms with Gasteiger partial charge in [-0.2, -0.15) is 11.8 Å². The maximum Gasteiger partial charge on any atom is 0.230 e. The fourth-order valence-electron chi connectivity index (χ4n) is 8.22. The summed E-state index contributed by atoms with van der Waals surface area (Å²) in [6.45, 7) is 6.88. The number of hydrogen-bond acceptors (Lipinski definition) is 8. The van der Waals surface area contributed by atoms with Crippen molar-refractivity contribution in [1.29, 1.82) is 0 Å². The molecule has 1 saturated carbocycles. The first kappa shape index (κ1) is 34.6. The summed E-state index contributed by atoms with van der Waals surface area (Å²) in [5, 5.41) is 26.4. The summed E-state index contributed by atoms with van der Waals surface area (Å²) in [7, 11) is 1.62. The van der Waals surface area contributed by atoms with Crippen LogP contribution in [0.15, 0.2) is 90.1 Å². The lowest BCUT2D eigenvalue weighted by atomic mass is 9.56. The van der Waals surface area contributed by atoms with E-state index in [9.17, 15) is 10.2 Å². The highest BCUT2D eigenvalue weighted by Gasteiger charge is 2.63. The van der Waals surface area contributed by atoms with Gasteiger partial charge in [0, 0.05) is 31.1 Å². The molecule has 48 heavy (non-hydrogen) atoms. The Morgan fingerprint density at radius 2 is 1.73 bits per heavy atom. The number of nitrogens with zero attached hydrogens (tertiary/aromatic N) is 1. The van der Waals surface area contributed by atoms with E-state index in [1.807, 2.05) is 36.0 Å². The smallest absolute Gasteiger partial charge is 0.230 e. The first-order valence-electron chi connectivity index (χ1n) is 17.5. The molecule has 6 unspecified atom stereocenters. The van der Waals surface area contributed by atoms with E-state index in [0.717, 1.165) is 83.8 Å². The Labute approximate surface area is 289 Å². The van der Waals surface area contributed by atoms with Crippen molar-refractivity contribution in [2.45, 2.75) is 68.8 Å². The van der Waals surface area contributed by atoms with E-state index in [1.165, 1.54) is 5.39 Å². The summed E-state index contributed by atoms with van der Waals surface area (Å²) < 4.78 is 20.6. The highest BCUT2D eigenvalue weighted by Crippen LogP contribution is 2.62. The van der Waals surface area contributed by atoms with Gasteiger partial charge in [-0.3, -0.25) is 0 Å². The van der Waals surface area contributed by atoms with Crippen LogP contribution in [0, 0.1) is 17.8 Å². The van der Waals surface area contributed by atoms with Gasteiger partial charge in [-0.25, -0.2) is 0 Å². The van der Waals surface area contributed by atoms with Crippen LogP contribution in [0.5, 0.6) is 17.2 Å². The molecule has 0 amide bonds. The molecule has 2 aliphatic carbocycles. The average Bonchev–Trinajstić information content (AvgIpc) is 3.10. The zero-order valence-corrected chi connectivity index (χ0v) is 29.0. The van der Waals surface area contributed by atoms with Gasteiger partial charge in [0.1, 0.15) is 24.4 Å². The fourth-order valence-corrected chi connectivity index (χ4v) is 9.39. The van der Waals surface area contributed by atoms with Gasteiger partial charge in [-0.05, 0) is 89.9 Å². The van der Waals surface area contributed by atoms with Gasteiger partial charge < -0.3 is 29.3 Å². The SMILES string of the molecule is C=CCOC12Oc3ccc(Oc4ccc5ccccc5c4)cc3C3C(CCCCO)C(CCCCO)C=C(C(=NOC)CC1SCC)C32. The zero-order valence-electron chi connectivity index (χ0n) is 28.2. The van der Waals surface area contributed by atoms with Gasteiger partial charge in [-0.1, -0.05) is 67.4 Å². The minimum Gasteiger partial charge on any atom is -0.460 e. The van der Waals surface area contributed by atoms with Crippen LogP contribution in [0.25, 0.3) is 10.8 Å². The Kier molecular flexibility index (Phi) is 11.5. The predicted molar refractivity (Wildman–Crippen MR) is 194 cm³/mol. The standard InChI is InChI=1S/C40H49NO6S/c1-4-22-45-40-37(48-5-2)26-35(41-44-3)33-24-29(14-8-10-20-42)32(15-9-11-21-43)38(39(33)40)34-25-31(18-19-36(34)47-40)46-30-17-16-27-12-6-7-13-28(27)23-30/h4,6-7,12-13,16-19,23-25,29,32,37-39,42-43H,1,5,8-11,14-15,20-22,26H2,2-3H3.